The molecule has 14 heteroatoms. The molecule has 5 atom stereocenters. The number of anilines is 1. The number of nitrogens with two attached hydrogens (primary N) is 1. The highest BCUT2D eigenvalue weighted by Gasteiger charge is 2.46. The largest absolute Gasteiger partial charge is 0.625 e. The third-order valence-corrected chi connectivity index (χ3v) is 5.94. The molecule has 3 aromatic rings. The molecule has 5 N–H and O–H groups in total. The molecule has 4 rings (SSSR count). The molecule has 1 aliphatic heterocycles. The Balaban J connectivity index is 1.67. The van der Waals surface area contributed by atoms with E-state index in [-0.39, 0.29) is 5.82 Å². The van der Waals surface area contributed by atoms with Crippen LogP contribution in [0.5, 0.6) is 0 Å². The number of aromatic nitrogens is 3. The van der Waals surface area contributed by atoms with Gasteiger partial charge in [0.05, 0.1) is 24.5 Å². The Morgan fingerprint density at radius 1 is 1.42 bits per heavy atom. The topological polar surface area (TPSA) is 192 Å². The monoisotopic (exact) mass is 451 g/mol. The van der Waals surface area contributed by atoms with Gasteiger partial charge in [-0.25, -0.2) is 9.97 Å². The number of rotatable bonds is 6. The van der Waals surface area contributed by atoms with Gasteiger partial charge in [0.2, 0.25) is 0 Å². The summed E-state index contributed by atoms with van der Waals surface area (Å²) in [5.41, 5.74) is 7.63. The Labute approximate surface area is 174 Å². The van der Waals surface area contributed by atoms with Crippen molar-refractivity contribution in [1.82, 2.24) is 14.5 Å². The molecule has 0 aliphatic carbocycles. The summed E-state index contributed by atoms with van der Waals surface area (Å²) in [6.07, 6.45) is 0.491. The van der Waals surface area contributed by atoms with Crippen molar-refractivity contribution < 1.29 is 37.9 Å². The first-order valence-electron chi connectivity index (χ1n) is 8.87. The van der Waals surface area contributed by atoms with Crippen LogP contribution in [0.15, 0.2) is 42.1 Å². The van der Waals surface area contributed by atoms with Gasteiger partial charge in [0.15, 0.2) is 12.1 Å². The van der Waals surface area contributed by atoms with Crippen LogP contribution in [0, 0.1) is 5.21 Å². The molecule has 0 saturated carbocycles. The molecule has 13 nitrogen and oxygen atoms in total. The lowest BCUT2D eigenvalue weighted by atomic mass is 10.1. The first kappa shape index (κ1) is 21.2. The van der Waals surface area contributed by atoms with E-state index < -0.39 is 43.4 Å². The van der Waals surface area contributed by atoms with Crippen LogP contribution < -0.4 is 5.73 Å². The number of hydrogen-bond donors (Lipinski definition) is 4. The van der Waals surface area contributed by atoms with Crippen LogP contribution in [-0.4, -0.2) is 64.9 Å². The first-order valence-corrected chi connectivity index (χ1v) is 10.4. The number of aliphatic hydroxyl groups is 2. The van der Waals surface area contributed by atoms with Gasteiger partial charge < -0.3 is 34.9 Å². The fourth-order valence-electron chi connectivity index (χ4n) is 3.35. The van der Waals surface area contributed by atoms with Crippen molar-refractivity contribution in [2.45, 2.75) is 24.5 Å². The summed E-state index contributed by atoms with van der Waals surface area (Å²) >= 11 is 0. The molecule has 3 unspecified atom stereocenters. The Bertz CT molecular complexity index is 1200. The Morgan fingerprint density at radius 2 is 2.19 bits per heavy atom. The highest BCUT2D eigenvalue weighted by molar-refractivity contribution is 7.46. The molecule has 1 fully saturated rings. The lowest BCUT2D eigenvalue weighted by Crippen LogP contribution is -2.33. The quantitative estimate of drug-likeness (QED) is 0.175. The number of nitrogens with zero attached hydrogens (tertiary/aromatic N) is 4. The molecule has 1 aliphatic rings. The number of aliphatic hydroxyl groups excluding tert-OH is 2. The number of ether oxygens (including phenoxy) is 1. The minimum absolute atomic E-state index is 0.185. The van der Waals surface area contributed by atoms with E-state index in [1.165, 1.54) is 23.4 Å². The van der Waals surface area contributed by atoms with E-state index in [1.807, 2.05) is 0 Å². The zero-order chi connectivity index (χ0) is 22.3. The third kappa shape index (κ3) is 3.64. The molecule has 0 bridgehead atoms. The predicted molar refractivity (Wildman–Crippen MR) is 106 cm³/mol. The van der Waals surface area contributed by atoms with Gasteiger partial charge in [-0.2, -0.15) is 4.57 Å². The SMILES string of the molecule is C=C=[N+]([O-])P(=O)(O)OC[C@H]1O[C@@H](n2cc(-c3ccoc3)c3c(N)ncnc32)C(O)C1O. The van der Waals surface area contributed by atoms with Crippen LogP contribution >= 0.6 is 7.75 Å². The van der Waals surface area contributed by atoms with Crippen molar-refractivity contribution in [2.24, 2.45) is 0 Å². The van der Waals surface area contributed by atoms with Crippen LogP contribution in [-0.2, 0) is 13.8 Å². The van der Waals surface area contributed by atoms with Crippen LogP contribution in [0.2, 0.25) is 0 Å². The molecule has 0 aromatic carbocycles. The molecular weight excluding hydrogens is 433 g/mol. The van der Waals surface area contributed by atoms with Crippen molar-refractivity contribution in [3.63, 3.8) is 0 Å². The fourth-order valence-corrected chi connectivity index (χ4v) is 3.97. The second-order valence-electron chi connectivity index (χ2n) is 6.68. The average molecular weight is 451 g/mol. The van der Waals surface area contributed by atoms with Crippen molar-refractivity contribution in [3.05, 3.63) is 42.9 Å². The smallest absolute Gasteiger partial charge is 0.609 e. The van der Waals surface area contributed by atoms with Crippen molar-refractivity contribution in [1.29, 1.82) is 0 Å². The van der Waals surface area contributed by atoms with E-state index in [2.05, 4.69) is 16.5 Å². The molecule has 3 aromatic heterocycles. The summed E-state index contributed by atoms with van der Waals surface area (Å²) < 4.78 is 28.3. The van der Waals surface area contributed by atoms with Crippen LogP contribution in [0.1, 0.15) is 6.23 Å². The molecule has 1 saturated heterocycles. The summed E-state index contributed by atoms with van der Waals surface area (Å²) in [5, 5.41) is 32.7. The van der Waals surface area contributed by atoms with Crippen LogP contribution in [0.4, 0.5) is 5.82 Å². The van der Waals surface area contributed by atoms with Gasteiger partial charge in [0.1, 0.15) is 36.1 Å². The zero-order valence-electron chi connectivity index (χ0n) is 15.8. The molecule has 0 radical (unpaired) electrons. The van der Waals surface area contributed by atoms with Gasteiger partial charge in [0.25, 0.3) is 0 Å². The molecule has 4 heterocycles. The van der Waals surface area contributed by atoms with Crippen LogP contribution in [0.3, 0.4) is 0 Å². The normalized spacial score (nSPS) is 25.4. The van der Waals surface area contributed by atoms with Crippen molar-refractivity contribution >= 4 is 30.5 Å². The molecule has 31 heavy (non-hydrogen) atoms. The first-order chi connectivity index (χ1) is 14.7. The summed E-state index contributed by atoms with van der Waals surface area (Å²) in [6, 6.07) is 1.70. The molecule has 164 valence electrons. The second kappa shape index (κ2) is 7.91. The van der Waals surface area contributed by atoms with Crippen molar-refractivity contribution in [3.8, 4) is 11.1 Å². The summed E-state index contributed by atoms with van der Waals surface area (Å²) in [4.78, 5) is 17.8. The second-order valence-corrected chi connectivity index (χ2v) is 8.29. The summed E-state index contributed by atoms with van der Waals surface area (Å²) in [7, 11) is -4.77. The van der Waals surface area contributed by atoms with E-state index in [4.69, 9.17) is 19.4 Å². The summed E-state index contributed by atoms with van der Waals surface area (Å²) in [6.45, 7) is 2.31. The van der Waals surface area contributed by atoms with E-state index >= 15 is 0 Å². The number of hydrogen-bond acceptors (Lipinski definition) is 10. The highest BCUT2D eigenvalue weighted by atomic mass is 31.2. The zero-order valence-corrected chi connectivity index (χ0v) is 16.7. The van der Waals surface area contributed by atoms with E-state index in [1.54, 1.807) is 18.1 Å². The van der Waals surface area contributed by atoms with Gasteiger partial charge >= 0.3 is 7.75 Å². The van der Waals surface area contributed by atoms with E-state index in [9.17, 15) is 24.9 Å². The van der Waals surface area contributed by atoms with Gasteiger partial charge in [-0.1, -0.05) is 4.51 Å². The van der Waals surface area contributed by atoms with Gasteiger partial charge in [-0.15, -0.1) is 0 Å². The maximum Gasteiger partial charge on any atom is 0.625 e. The summed E-state index contributed by atoms with van der Waals surface area (Å²) in [5.74, 6) is 1.86. The minimum atomic E-state index is -4.77. The predicted octanol–water partition coefficient (Wildman–Crippen LogP) is 0.376. The standard InChI is InChI=1S/C17H18N5O8P/c1-2-22(25)31(26,27)29-7-11-13(23)14(24)17(30-11)21-5-10(9-3-4-28-6-9)12-15(18)19-8-20-16(12)21/h3-6,8,11,13-14,17,23-24H,1,7H2,(H,26,27)(H2,18,19,20)/t11-,13?,14?,17-/m1/s1. The Morgan fingerprint density at radius 3 is 2.87 bits per heavy atom. The van der Waals surface area contributed by atoms with Crippen LogP contribution in [0.25, 0.3) is 22.2 Å². The maximum atomic E-state index is 11.8. The van der Waals surface area contributed by atoms with Gasteiger partial charge in [-0.05, 0) is 6.07 Å². The lowest BCUT2D eigenvalue weighted by Gasteiger charge is -2.17. The minimum Gasteiger partial charge on any atom is -0.609 e. The fraction of sp³-hybridized carbons (Fsp3) is 0.294. The maximum absolute atomic E-state index is 11.8. The molecular formula is C17H18N5O8P. The molecule has 0 spiro atoms. The number of furan rings is 1. The molecule has 0 amide bonds. The average Bonchev–Trinajstić information content (AvgIpc) is 3.46. The van der Waals surface area contributed by atoms with Crippen molar-refractivity contribution in [2.75, 3.05) is 12.3 Å². The third-order valence-electron chi connectivity index (χ3n) is 4.85. The van der Waals surface area contributed by atoms with E-state index in [0.29, 0.717) is 22.2 Å². The lowest BCUT2D eigenvalue weighted by molar-refractivity contribution is -0.313. The van der Waals surface area contributed by atoms with Gasteiger partial charge in [-0.3, -0.25) is 9.42 Å². The van der Waals surface area contributed by atoms with Gasteiger partial charge in [0, 0.05) is 23.9 Å². The Hall–Kier alpha value is -3.02. The number of nitrogen functional groups attached to an aromatic ring is 1. The van der Waals surface area contributed by atoms with E-state index in [0.717, 1.165) is 0 Å². The number of fused-ring (bicyclic) bond motifs is 1. The highest BCUT2D eigenvalue weighted by Crippen LogP contribution is 2.43. The Kier molecular flexibility index (Phi) is 5.42.